The lowest BCUT2D eigenvalue weighted by atomic mass is 10.0. The predicted octanol–water partition coefficient (Wildman–Crippen LogP) is 5.55. The number of rotatable bonds is 4. The average Bonchev–Trinajstić information content (AvgIpc) is 2.87. The van der Waals surface area contributed by atoms with Crippen molar-refractivity contribution in [2.75, 3.05) is 6.54 Å². The van der Waals surface area contributed by atoms with Crippen molar-refractivity contribution in [1.82, 2.24) is 5.32 Å². The van der Waals surface area contributed by atoms with Crippen molar-refractivity contribution in [1.29, 1.82) is 0 Å². The Hall–Kier alpha value is -1.29. The zero-order valence-electron chi connectivity index (χ0n) is 11.6. The molecule has 0 bridgehead atoms. The molecule has 1 atom stereocenters. The summed E-state index contributed by atoms with van der Waals surface area (Å²) >= 11 is 9.57. The summed E-state index contributed by atoms with van der Waals surface area (Å²) in [6.07, 6.45) is 0. The number of benzene rings is 2. The van der Waals surface area contributed by atoms with E-state index in [4.69, 9.17) is 16.0 Å². The van der Waals surface area contributed by atoms with Crippen molar-refractivity contribution in [2.24, 2.45) is 0 Å². The minimum absolute atomic E-state index is 0.0266. The zero-order valence-corrected chi connectivity index (χ0v) is 13.9. The minimum Gasteiger partial charge on any atom is -0.459 e. The molecule has 0 saturated heterocycles. The first-order valence-electron chi connectivity index (χ1n) is 6.85. The highest BCUT2D eigenvalue weighted by molar-refractivity contribution is 9.10. The largest absolute Gasteiger partial charge is 0.459 e. The zero-order chi connectivity index (χ0) is 14.8. The Balaban J connectivity index is 2.06. The summed E-state index contributed by atoms with van der Waals surface area (Å²) in [7, 11) is 0. The molecular formula is C17H15BrClNO. The smallest absolute Gasteiger partial charge is 0.134 e. The van der Waals surface area contributed by atoms with Crippen LogP contribution in [0.15, 0.2) is 57.4 Å². The van der Waals surface area contributed by atoms with Crippen LogP contribution in [0.5, 0.6) is 0 Å². The van der Waals surface area contributed by atoms with Crippen LogP contribution in [0.4, 0.5) is 0 Å². The molecule has 0 aliphatic rings. The molecule has 4 heteroatoms. The molecule has 0 fully saturated rings. The van der Waals surface area contributed by atoms with Crippen molar-refractivity contribution in [3.63, 3.8) is 0 Å². The van der Waals surface area contributed by atoms with Crippen LogP contribution in [0, 0.1) is 0 Å². The summed E-state index contributed by atoms with van der Waals surface area (Å²) in [5, 5.41) is 5.21. The van der Waals surface area contributed by atoms with Crippen LogP contribution in [0.1, 0.15) is 24.3 Å². The number of nitrogens with one attached hydrogen (secondary N) is 1. The van der Waals surface area contributed by atoms with Crippen LogP contribution >= 0.6 is 27.5 Å². The lowest BCUT2D eigenvalue weighted by Crippen LogP contribution is -2.21. The summed E-state index contributed by atoms with van der Waals surface area (Å²) in [5.74, 6) is 0.896. The van der Waals surface area contributed by atoms with Gasteiger partial charge in [-0.05, 0) is 48.5 Å². The third-order valence-corrected chi connectivity index (χ3v) is 4.10. The van der Waals surface area contributed by atoms with E-state index >= 15 is 0 Å². The Kier molecular flexibility index (Phi) is 4.34. The van der Waals surface area contributed by atoms with Crippen molar-refractivity contribution < 1.29 is 4.42 Å². The van der Waals surface area contributed by atoms with Gasteiger partial charge in [0.1, 0.15) is 11.3 Å². The molecule has 1 unspecified atom stereocenters. The first kappa shape index (κ1) is 14.6. The van der Waals surface area contributed by atoms with Gasteiger partial charge >= 0.3 is 0 Å². The Morgan fingerprint density at radius 1 is 1.19 bits per heavy atom. The maximum atomic E-state index is 6.04. The summed E-state index contributed by atoms with van der Waals surface area (Å²) < 4.78 is 7.05. The topological polar surface area (TPSA) is 25.2 Å². The summed E-state index contributed by atoms with van der Waals surface area (Å²) in [6, 6.07) is 16.0. The molecule has 0 aliphatic carbocycles. The van der Waals surface area contributed by atoms with Crippen LogP contribution in [0.25, 0.3) is 11.0 Å². The first-order valence-corrected chi connectivity index (χ1v) is 8.02. The molecule has 0 saturated carbocycles. The van der Waals surface area contributed by atoms with E-state index in [0.29, 0.717) is 0 Å². The average molecular weight is 365 g/mol. The van der Waals surface area contributed by atoms with Gasteiger partial charge in [-0.3, -0.25) is 0 Å². The van der Waals surface area contributed by atoms with Gasteiger partial charge in [-0.1, -0.05) is 46.6 Å². The molecule has 1 aromatic heterocycles. The fourth-order valence-electron chi connectivity index (χ4n) is 2.45. The van der Waals surface area contributed by atoms with Gasteiger partial charge < -0.3 is 9.73 Å². The molecule has 21 heavy (non-hydrogen) atoms. The van der Waals surface area contributed by atoms with Gasteiger partial charge in [-0.15, -0.1) is 0 Å². The van der Waals surface area contributed by atoms with Gasteiger partial charge in [-0.25, -0.2) is 0 Å². The summed E-state index contributed by atoms with van der Waals surface area (Å²) in [4.78, 5) is 0. The highest BCUT2D eigenvalue weighted by Crippen LogP contribution is 2.30. The molecule has 0 amide bonds. The van der Waals surface area contributed by atoms with Gasteiger partial charge in [0.2, 0.25) is 0 Å². The van der Waals surface area contributed by atoms with E-state index in [9.17, 15) is 0 Å². The minimum atomic E-state index is 0.0266. The summed E-state index contributed by atoms with van der Waals surface area (Å²) in [6.45, 7) is 2.94. The van der Waals surface area contributed by atoms with E-state index in [0.717, 1.165) is 38.3 Å². The van der Waals surface area contributed by atoms with Crippen LogP contribution in [0.2, 0.25) is 5.02 Å². The standard InChI is InChI=1S/C17H15BrClNO/c1-2-20-17(11-4-3-5-13(18)8-11)16-10-12-9-14(19)6-7-15(12)21-16/h3-10,17,20H,2H2,1H3. The summed E-state index contributed by atoms with van der Waals surface area (Å²) in [5.41, 5.74) is 2.02. The van der Waals surface area contributed by atoms with E-state index in [1.54, 1.807) is 0 Å². The van der Waals surface area contributed by atoms with E-state index in [1.165, 1.54) is 0 Å². The molecule has 0 aliphatic heterocycles. The highest BCUT2D eigenvalue weighted by Gasteiger charge is 2.18. The molecule has 3 aromatic rings. The Morgan fingerprint density at radius 3 is 2.81 bits per heavy atom. The highest BCUT2D eigenvalue weighted by atomic mass is 79.9. The number of halogens is 2. The molecule has 1 N–H and O–H groups in total. The van der Waals surface area contributed by atoms with Crippen LogP contribution in [-0.2, 0) is 0 Å². The predicted molar refractivity (Wildman–Crippen MR) is 90.9 cm³/mol. The van der Waals surface area contributed by atoms with Crippen molar-refractivity contribution >= 4 is 38.5 Å². The fraction of sp³-hybridized carbons (Fsp3) is 0.176. The van der Waals surface area contributed by atoms with Gasteiger partial charge in [0.05, 0.1) is 6.04 Å². The van der Waals surface area contributed by atoms with Crippen LogP contribution in [0.3, 0.4) is 0 Å². The second kappa shape index (κ2) is 6.22. The molecule has 0 spiro atoms. The molecule has 3 rings (SSSR count). The van der Waals surface area contributed by atoms with Crippen molar-refractivity contribution in [3.05, 3.63) is 69.3 Å². The second-order valence-electron chi connectivity index (χ2n) is 4.88. The van der Waals surface area contributed by atoms with Gasteiger partial charge in [0.15, 0.2) is 0 Å². The number of hydrogen-bond donors (Lipinski definition) is 1. The monoisotopic (exact) mass is 363 g/mol. The lowest BCUT2D eigenvalue weighted by Gasteiger charge is -2.16. The van der Waals surface area contributed by atoms with Crippen LogP contribution < -0.4 is 5.32 Å². The molecular weight excluding hydrogens is 350 g/mol. The van der Waals surface area contributed by atoms with Crippen LogP contribution in [-0.4, -0.2) is 6.54 Å². The number of hydrogen-bond acceptors (Lipinski definition) is 2. The normalized spacial score (nSPS) is 12.7. The molecule has 2 aromatic carbocycles. The molecule has 1 heterocycles. The Labute approximate surface area is 137 Å². The Morgan fingerprint density at radius 2 is 2.05 bits per heavy atom. The Bertz CT molecular complexity index is 768. The fourth-order valence-corrected chi connectivity index (χ4v) is 3.05. The quantitative estimate of drug-likeness (QED) is 0.657. The SMILES string of the molecule is CCNC(c1cccc(Br)c1)c1cc2cc(Cl)ccc2o1. The lowest BCUT2D eigenvalue weighted by molar-refractivity contribution is 0.477. The third kappa shape index (κ3) is 3.15. The van der Waals surface area contributed by atoms with Gasteiger partial charge in [0.25, 0.3) is 0 Å². The maximum Gasteiger partial charge on any atom is 0.134 e. The molecule has 2 nitrogen and oxygen atoms in total. The van der Waals surface area contributed by atoms with Crippen molar-refractivity contribution in [2.45, 2.75) is 13.0 Å². The van der Waals surface area contributed by atoms with Gasteiger partial charge in [0, 0.05) is 14.9 Å². The van der Waals surface area contributed by atoms with Gasteiger partial charge in [-0.2, -0.15) is 0 Å². The number of furan rings is 1. The maximum absolute atomic E-state index is 6.04. The number of fused-ring (bicyclic) bond motifs is 1. The van der Waals surface area contributed by atoms with Crippen molar-refractivity contribution in [3.8, 4) is 0 Å². The van der Waals surface area contributed by atoms with E-state index in [2.05, 4.69) is 46.4 Å². The van der Waals surface area contributed by atoms with E-state index in [1.807, 2.05) is 30.3 Å². The molecule has 0 radical (unpaired) electrons. The van der Waals surface area contributed by atoms with E-state index < -0.39 is 0 Å². The first-order chi connectivity index (χ1) is 10.2. The van der Waals surface area contributed by atoms with E-state index in [-0.39, 0.29) is 6.04 Å². The second-order valence-corrected chi connectivity index (χ2v) is 6.23. The molecule has 108 valence electrons. The third-order valence-electron chi connectivity index (χ3n) is 3.37.